The molecule has 1 rings (SSSR count). The average Bonchev–Trinajstić information content (AvgIpc) is 2.23. The SMILES string of the molecule is CCOC(=O)c1cc(F)c(C)n(C(C)C)c1=O. The minimum absolute atomic E-state index is 0.148. The van der Waals surface area contributed by atoms with Gasteiger partial charge in [0.15, 0.2) is 0 Å². The topological polar surface area (TPSA) is 48.3 Å². The van der Waals surface area contributed by atoms with Gasteiger partial charge in [-0.25, -0.2) is 9.18 Å². The van der Waals surface area contributed by atoms with Crippen molar-refractivity contribution >= 4 is 5.97 Å². The van der Waals surface area contributed by atoms with Crippen LogP contribution in [0.1, 0.15) is 42.9 Å². The quantitative estimate of drug-likeness (QED) is 0.761. The molecule has 0 saturated heterocycles. The zero-order valence-corrected chi connectivity index (χ0v) is 10.4. The van der Waals surface area contributed by atoms with Crippen molar-refractivity contribution in [2.75, 3.05) is 6.61 Å². The molecular weight excluding hydrogens is 225 g/mol. The first-order valence-corrected chi connectivity index (χ1v) is 5.48. The predicted molar refractivity (Wildman–Crippen MR) is 61.7 cm³/mol. The molecule has 4 nitrogen and oxygen atoms in total. The Kier molecular flexibility index (Phi) is 4.04. The number of hydrogen-bond donors (Lipinski definition) is 0. The van der Waals surface area contributed by atoms with Crippen LogP contribution in [-0.2, 0) is 4.74 Å². The molecule has 0 unspecified atom stereocenters. The Morgan fingerprint density at radius 1 is 1.53 bits per heavy atom. The van der Waals surface area contributed by atoms with E-state index in [0.717, 1.165) is 6.07 Å². The molecule has 0 atom stereocenters. The fourth-order valence-corrected chi connectivity index (χ4v) is 1.67. The van der Waals surface area contributed by atoms with E-state index in [1.807, 2.05) is 0 Å². The molecule has 0 bridgehead atoms. The summed E-state index contributed by atoms with van der Waals surface area (Å²) in [5, 5.41) is 0. The van der Waals surface area contributed by atoms with Gasteiger partial charge in [-0.15, -0.1) is 0 Å². The van der Waals surface area contributed by atoms with Crippen molar-refractivity contribution in [1.29, 1.82) is 0 Å². The van der Waals surface area contributed by atoms with Crippen LogP contribution in [0.25, 0.3) is 0 Å². The Balaban J connectivity index is 3.45. The smallest absolute Gasteiger partial charge is 0.343 e. The lowest BCUT2D eigenvalue weighted by molar-refractivity contribution is 0.0522. The molecule has 0 aliphatic carbocycles. The Morgan fingerprint density at radius 3 is 2.59 bits per heavy atom. The molecule has 0 N–H and O–H groups in total. The van der Waals surface area contributed by atoms with Crippen LogP contribution in [0.2, 0.25) is 0 Å². The largest absolute Gasteiger partial charge is 0.462 e. The van der Waals surface area contributed by atoms with E-state index in [-0.39, 0.29) is 23.9 Å². The van der Waals surface area contributed by atoms with E-state index in [1.165, 1.54) is 11.5 Å². The molecule has 0 aliphatic rings. The number of carbonyl (C=O) groups is 1. The van der Waals surface area contributed by atoms with E-state index < -0.39 is 17.3 Å². The molecule has 0 aliphatic heterocycles. The van der Waals surface area contributed by atoms with Crippen molar-refractivity contribution < 1.29 is 13.9 Å². The van der Waals surface area contributed by atoms with Crippen LogP contribution in [0.4, 0.5) is 4.39 Å². The van der Waals surface area contributed by atoms with Crippen molar-refractivity contribution in [1.82, 2.24) is 4.57 Å². The molecule has 94 valence electrons. The highest BCUT2D eigenvalue weighted by molar-refractivity contribution is 5.89. The lowest BCUT2D eigenvalue weighted by Gasteiger charge is -2.15. The summed E-state index contributed by atoms with van der Waals surface area (Å²) >= 11 is 0. The number of halogens is 1. The summed E-state index contributed by atoms with van der Waals surface area (Å²) in [5.74, 6) is -1.37. The number of carbonyl (C=O) groups excluding carboxylic acids is 1. The first-order chi connectivity index (χ1) is 7.90. The Hall–Kier alpha value is -1.65. The van der Waals surface area contributed by atoms with Gasteiger partial charge in [-0.3, -0.25) is 4.79 Å². The fourth-order valence-electron chi connectivity index (χ4n) is 1.67. The third kappa shape index (κ3) is 2.54. The summed E-state index contributed by atoms with van der Waals surface area (Å²) < 4.78 is 19.6. The Labute approximate surface area is 99.0 Å². The number of esters is 1. The molecule has 1 aromatic rings. The van der Waals surface area contributed by atoms with E-state index in [4.69, 9.17) is 4.74 Å². The molecule has 1 aromatic heterocycles. The second kappa shape index (κ2) is 5.12. The van der Waals surface area contributed by atoms with E-state index in [2.05, 4.69) is 0 Å². The number of nitrogens with zero attached hydrogens (tertiary/aromatic N) is 1. The molecule has 0 aromatic carbocycles. The molecule has 0 radical (unpaired) electrons. The maximum absolute atomic E-state index is 13.6. The van der Waals surface area contributed by atoms with Crippen LogP contribution in [0.5, 0.6) is 0 Å². The highest BCUT2D eigenvalue weighted by Gasteiger charge is 2.19. The Morgan fingerprint density at radius 2 is 2.12 bits per heavy atom. The Bertz CT molecular complexity index is 491. The monoisotopic (exact) mass is 241 g/mol. The van der Waals surface area contributed by atoms with Crippen LogP contribution >= 0.6 is 0 Å². The number of hydrogen-bond acceptors (Lipinski definition) is 3. The van der Waals surface area contributed by atoms with Gasteiger partial charge in [0.05, 0.1) is 12.3 Å². The fraction of sp³-hybridized carbons (Fsp3) is 0.500. The van der Waals surface area contributed by atoms with Crippen LogP contribution in [0, 0.1) is 12.7 Å². The van der Waals surface area contributed by atoms with Gasteiger partial charge >= 0.3 is 5.97 Å². The molecule has 5 heteroatoms. The molecular formula is C12H16FNO3. The first-order valence-electron chi connectivity index (χ1n) is 5.48. The van der Waals surface area contributed by atoms with Gasteiger partial charge in [-0.2, -0.15) is 0 Å². The summed E-state index contributed by atoms with van der Waals surface area (Å²) in [6.07, 6.45) is 0. The zero-order valence-electron chi connectivity index (χ0n) is 10.4. The number of ether oxygens (including phenoxy) is 1. The van der Waals surface area contributed by atoms with Gasteiger partial charge in [-0.1, -0.05) is 0 Å². The van der Waals surface area contributed by atoms with Crippen LogP contribution < -0.4 is 5.56 Å². The van der Waals surface area contributed by atoms with Crippen molar-refractivity contribution in [3.05, 3.63) is 33.5 Å². The van der Waals surface area contributed by atoms with Gasteiger partial charge in [0.25, 0.3) is 5.56 Å². The molecule has 0 saturated carbocycles. The third-order valence-electron chi connectivity index (χ3n) is 2.44. The van der Waals surface area contributed by atoms with Gasteiger partial charge in [0.2, 0.25) is 0 Å². The van der Waals surface area contributed by atoms with E-state index in [1.54, 1.807) is 20.8 Å². The van der Waals surface area contributed by atoms with Crippen molar-refractivity contribution in [2.24, 2.45) is 0 Å². The van der Waals surface area contributed by atoms with E-state index in [9.17, 15) is 14.0 Å². The highest BCUT2D eigenvalue weighted by Crippen LogP contribution is 2.11. The van der Waals surface area contributed by atoms with Crippen molar-refractivity contribution in [2.45, 2.75) is 33.7 Å². The summed E-state index contributed by atoms with van der Waals surface area (Å²) in [6.45, 7) is 6.79. The molecule has 0 amide bonds. The highest BCUT2D eigenvalue weighted by atomic mass is 19.1. The van der Waals surface area contributed by atoms with Crippen molar-refractivity contribution in [3.8, 4) is 0 Å². The summed E-state index contributed by atoms with van der Waals surface area (Å²) in [4.78, 5) is 23.5. The average molecular weight is 241 g/mol. The van der Waals surface area contributed by atoms with Gasteiger partial charge in [-0.05, 0) is 33.8 Å². The third-order valence-corrected chi connectivity index (χ3v) is 2.44. The van der Waals surface area contributed by atoms with E-state index >= 15 is 0 Å². The van der Waals surface area contributed by atoms with Crippen molar-refractivity contribution in [3.63, 3.8) is 0 Å². The molecule has 0 spiro atoms. The van der Waals surface area contributed by atoms with Gasteiger partial charge in [0, 0.05) is 6.04 Å². The maximum Gasteiger partial charge on any atom is 0.343 e. The second-order valence-electron chi connectivity index (χ2n) is 3.98. The lowest BCUT2D eigenvalue weighted by atomic mass is 10.2. The van der Waals surface area contributed by atoms with Gasteiger partial charge < -0.3 is 9.30 Å². The normalized spacial score (nSPS) is 10.7. The number of aromatic nitrogens is 1. The van der Waals surface area contributed by atoms with E-state index in [0.29, 0.717) is 0 Å². The van der Waals surface area contributed by atoms with Gasteiger partial charge in [0.1, 0.15) is 11.4 Å². The van der Waals surface area contributed by atoms with Crippen LogP contribution in [0.15, 0.2) is 10.9 Å². The molecule has 17 heavy (non-hydrogen) atoms. The summed E-state index contributed by atoms with van der Waals surface area (Å²) in [5.41, 5.74) is -0.556. The zero-order chi connectivity index (χ0) is 13.2. The summed E-state index contributed by atoms with van der Waals surface area (Å²) in [7, 11) is 0. The lowest BCUT2D eigenvalue weighted by Crippen LogP contribution is -2.31. The van der Waals surface area contributed by atoms with Crippen LogP contribution in [0.3, 0.4) is 0 Å². The predicted octanol–water partition coefficient (Wildman–Crippen LogP) is 2.05. The number of rotatable bonds is 3. The maximum atomic E-state index is 13.6. The molecule has 0 fully saturated rings. The molecule has 1 heterocycles. The second-order valence-corrected chi connectivity index (χ2v) is 3.98. The first kappa shape index (κ1) is 13.4. The minimum Gasteiger partial charge on any atom is -0.462 e. The minimum atomic E-state index is -0.786. The van der Waals surface area contributed by atoms with Crippen LogP contribution in [-0.4, -0.2) is 17.1 Å². The number of pyridine rings is 1. The summed E-state index contributed by atoms with van der Waals surface area (Å²) in [6, 6.07) is 0.723. The standard InChI is InChI=1S/C12H16FNO3/c1-5-17-12(16)9-6-10(13)8(4)14(7(2)3)11(9)15/h6-7H,5H2,1-4H3.